The molecule has 0 radical (unpaired) electrons. The number of carboxylic acid groups (broad SMARTS) is 1. The van der Waals surface area contributed by atoms with Crippen molar-refractivity contribution in [1.82, 2.24) is 10.2 Å². The first-order valence-corrected chi connectivity index (χ1v) is 5.56. The van der Waals surface area contributed by atoms with Gasteiger partial charge in [0.05, 0.1) is 17.7 Å². The van der Waals surface area contributed by atoms with Gasteiger partial charge in [0.15, 0.2) is 0 Å². The van der Waals surface area contributed by atoms with E-state index in [2.05, 4.69) is 10.2 Å². The summed E-state index contributed by atoms with van der Waals surface area (Å²) in [6, 6.07) is 7.44. The maximum absolute atomic E-state index is 10.9. The Hall–Kier alpha value is -2.34. The standard InChI is InChI=1S/C12H9ClN2O4/c1-18-10-4-5-11(15-14-10)19-7-2-3-9(13)8(6-7)12(16)17/h2-6H,1H3,(H,16,17). The number of aromatic carboxylic acids is 1. The maximum atomic E-state index is 10.9. The van der Waals surface area contributed by atoms with Crippen molar-refractivity contribution in [1.29, 1.82) is 0 Å². The molecular formula is C12H9ClN2O4. The molecule has 0 amide bonds. The van der Waals surface area contributed by atoms with Crippen LogP contribution in [0.3, 0.4) is 0 Å². The molecule has 0 aliphatic rings. The molecule has 1 aromatic heterocycles. The van der Waals surface area contributed by atoms with E-state index in [-0.39, 0.29) is 16.5 Å². The molecule has 1 N–H and O–H groups in total. The number of hydrogen-bond acceptors (Lipinski definition) is 5. The SMILES string of the molecule is COc1ccc(Oc2ccc(Cl)c(C(=O)O)c2)nn1. The number of hydrogen-bond donors (Lipinski definition) is 1. The van der Waals surface area contributed by atoms with Crippen molar-refractivity contribution >= 4 is 17.6 Å². The van der Waals surface area contributed by atoms with Gasteiger partial charge in [-0.25, -0.2) is 4.79 Å². The van der Waals surface area contributed by atoms with Crippen LogP contribution in [0.15, 0.2) is 30.3 Å². The maximum Gasteiger partial charge on any atom is 0.337 e. The minimum absolute atomic E-state index is 0.0411. The van der Waals surface area contributed by atoms with E-state index in [1.165, 1.54) is 19.2 Å². The Morgan fingerprint density at radius 1 is 1.21 bits per heavy atom. The first kappa shape index (κ1) is 13.1. The molecule has 0 aliphatic heterocycles. The lowest BCUT2D eigenvalue weighted by Gasteiger charge is -2.06. The highest BCUT2D eigenvalue weighted by molar-refractivity contribution is 6.33. The molecule has 1 aromatic carbocycles. The highest BCUT2D eigenvalue weighted by Crippen LogP contribution is 2.25. The zero-order valence-corrected chi connectivity index (χ0v) is 10.6. The molecule has 0 spiro atoms. The van der Waals surface area contributed by atoms with Crippen molar-refractivity contribution in [2.75, 3.05) is 7.11 Å². The molecule has 0 bridgehead atoms. The summed E-state index contributed by atoms with van der Waals surface area (Å²) in [5.41, 5.74) is -0.0411. The van der Waals surface area contributed by atoms with E-state index in [4.69, 9.17) is 26.2 Å². The average molecular weight is 281 g/mol. The Kier molecular flexibility index (Phi) is 3.82. The van der Waals surface area contributed by atoms with Crippen molar-refractivity contribution in [3.05, 3.63) is 40.9 Å². The summed E-state index contributed by atoms with van der Waals surface area (Å²) in [5.74, 6) is -0.244. The van der Waals surface area contributed by atoms with Gasteiger partial charge in [0.25, 0.3) is 0 Å². The smallest absolute Gasteiger partial charge is 0.337 e. The number of benzene rings is 1. The summed E-state index contributed by atoms with van der Waals surface area (Å²) in [7, 11) is 1.48. The number of rotatable bonds is 4. The van der Waals surface area contributed by atoms with Crippen LogP contribution in [0.5, 0.6) is 17.5 Å². The molecule has 2 aromatic rings. The molecule has 19 heavy (non-hydrogen) atoms. The van der Waals surface area contributed by atoms with Crippen LogP contribution >= 0.6 is 11.6 Å². The fourth-order valence-electron chi connectivity index (χ4n) is 1.32. The Morgan fingerprint density at radius 3 is 2.47 bits per heavy atom. The highest BCUT2D eigenvalue weighted by atomic mass is 35.5. The molecule has 98 valence electrons. The van der Waals surface area contributed by atoms with E-state index in [0.29, 0.717) is 11.6 Å². The molecule has 7 heteroatoms. The average Bonchev–Trinajstić information content (AvgIpc) is 2.41. The lowest BCUT2D eigenvalue weighted by Crippen LogP contribution is -1.98. The third-order valence-electron chi connectivity index (χ3n) is 2.22. The van der Waals surface area contributed by atoms with Gasteiger partial charge < -0.3 is 14.6 Å². The second kappa shape index (κ2) is 5.53. The van der Waals surface area contributed by atoms with E-state index in [0.717, 1.165) is 0 Å². The van der Waals surface area contributed by atoms with Crippen molar-refractivity contribution in [3.8, 4) is 17.5 Å². The van der Waals surface area contributed by atoms with Crippen LogP contribution in [0.1, 0.15) is 10.4 Å². The molecular weight excluding hydrogens is 272 g/mol. The number of aromatic nitrogens is 2. The molecule has 0 aliphatic carbocycles. The second-order valence-electron chi connectivity index (χ2n) is 3.46. The van der Waals surface area contributed by atoms with E-state index in [1.54, 1.807) is 18.2 Å². The highest BCUT2D eigenvalue weighted by Gasteiger charge is 2.10. The van der Waals surface area contributed by atoms with Gasteiger partial charge in [-0.3, -0.25) is 0 Å². The van der Waals surface area contributed by atoms with Gasteiger partial charge in [0.1, 0.15) is 5.75 Å². The zero-order valence-electron chi connectivity index (χ0n) is 9.83. The summed E-state index contributed by atoms with van der Waals surface area (Å²) in [6.07, 6.45) is 0. The molecule has 2 rings (SSSR count). The van der Waals surface area contributed by atoms with E-state index in [1.807, 2.05) is 0 Å². The predicted molar refractivity (Wildman–Crippen MR) is 67.1 cm³/mol. The number of ether oxygens (including phenoxy) is 2. The summed E-state index contributed by atoms with van der Waals surface area (Å²) in [4.78, 5) is 10.9. The largest absolute Gasteiger partial charge is 0.480 e. The van der Waals surface area contributed by atoms with Crippen LogP contribution in [0.25, 0.3) is 0 Å². The normalized spacial score (nSPS) is 10.0. The third kappa shape index (κ3) is 3.11. The monoisotopic (exact) mass is 280 g/mol. The number of methoxy groups -OCH3 is 1. The molecule has 0 atom stereocenters. The van der Waals surface area contributed by atoms with Gasteiger partial charge in [0.2, 0.25) is 11.8 Å². The minimum Gasteiger partial charge on any atom is -0.480 e. The first-order valence-electron chi connectivity index (χ1n) is 5.18. The van der Waals surface area contributed by atoms with E-state index < -0.39 is 5.97 Å². The van der Waals surface area contributed by atoms with Gasteiger partial charge >= 0.3 is 5.97 Å². The number of halogens is 1. The molecule has 0 fully saturated rings. The summed E-state index contributed by atoms with van der Waals surface area (Å²) in [6.45, 7) is 0. The Bertz CT molecular complexity index is 601. The summed E-state index contributed by atoms with van der Waals surface area (Å²) in [5, 5.41) is 16.6. The topological polar surface area (TPSA) is 81.5 Å². The van der Waals surface area contributed by atoms with Gasteiger partial charge in [-0.05, 0) is 18.2 Å². The lowest BCUT2D eigenvalue weighted by molar-refractivity contribution is 0.0696. The van der Waals surface area contributed by atoms with Crippen molar-refractivity contribution in [2.24, 2.45) is 0 Å². The van der Waals surface area contributed by atoms with Crippen LogP contribution in [0, 0.1) is 0 Å². The Balaban J connectivity index is 2.22. The number of carboxylic acids is 1. The summed E-state index contributed by atoms with van der Waals surface area (Å²) >= 11 is 5.75. The zero-order chi connectivity index (χ0) is 13.8. The Labute approximate surface area is 113 Å². The molecule has 0 unspecified atom stereocenters. The lowest BCUT2D eigenvalue weighted by atomic mass is 10.2. The minimum atomic E-state index is -1.13. The Morgan fingerprint density at radius 2 is 1.89 bits per heavy atom. The van der Waals surface area contributed by atoms with Crippen molar-refractivity contribution < 1.29 is 19.4 Å². The van der Waals surface area contributed by atoms with Crippen LogP contribution in [-0.2, 0) is 0 Å². The van der Waals surface area contributed by atoms with E-state index >= 15 is 0 Å². The van der Waals surface area contributed by atoms with Crippen LogP contribution in [0.4, 0.5) is 0 Å². The number of carbonyl (C=O) groups is 1. The second-order valence-corrected chi connectivity index (χ2v) is 3.87. The fourth-order valence-corrected chi connectivity index (χ4v) is 1.52. The molecule has 0 saturated carbocycles. The van der Waals surface area contributed by atoms with Gasteiger partial charge in [-0.1, -0.05) is 11.6 Å². The van der Waals surface area contributed by atoms with Gasteiger partial charge in [-0.15, -0.1) is 10.2 Å². The van der Waals surface area contributed by atoms with Gasteiger partial charge in [0, 0.05) is 12.1 Å². The van der Waals surface area contributed by atoms with Crippen LogP contribution < -0.4 is 9.47 Å². The number of nitrogens with zero attached hydrogens (tertiary/aromatic N) is 2. The van der Waals surface area contributed by atoms with Crippen LogP contribution in [0.2, 0.25) is 5.02 Å². The van der Waals surface area contributed by atoms with Crippen molar-refractivity contribution in [2.45, 2.75) is 0 Å². The van der Waals surface area contributed by atoms with E-state index in [9.17, 15) is 4.79 Å². The molecule has 6 nitrogen and oxygen atoms in total. The van der Waals surface area contributed by atoms with Gasteiger partial charge in [-0.2, -0.15) is 0 Å². The fraction of sp³-hybridized carbons (Fsp3) is 0.0833. The first-order chi connectivity index (χ1) is 9.10. The van der Waals surface area contributed by atoms with Crippen molar-refractivity contribution in [3.63, 3.8) is 0 Å². The quantitative estimate of drug-likeness (QED) is 0.927. The predicted octanol–water partition coefficient (Wildman–Crippen LogP) is 2.63. The van der Waals surface area contributed by atoms with Crippen LogP contribution in [-0.4, -0.2) is 28.4 Å². The molecule has 1 heterocycles. The molecule has 0 saturated heterocycles. The third-order valence-corrected chi connectivity index (χ3v) is 2.54. The summed E-state index contributed by atoms with van der Waals surface area (Å²) < 4.78 is 10.2.